The number of carbonyl (C=O) groups is 3. The van der Waals surface area contributed by atoms with Crippen LogP contribution in [-0.4, -0.2) is 55.6 Å². The fourth-order valence-corrected chi connectivity index (χ4v) is 3.13. The lowest BCUT2D eigenvalue weighted by molar-refractivity contribution is -0.123. The Morgan fingerprint density at radius 2 is 2.06 bits per heavy atom. The summed E-state index contributed by atoms with van der Waals surface area (Å²) in [6.45, 7) is 2.40. The second kappa shape index (κ2) is 10.5. The van der Waals surface area contributed by atoms with Crippen LogP contribution in [0.4, 0.5) is 0 Å². The van der Waals surface area contributed by atoms with E-state index in [0.717, 1.165) is 0 Å². The van der Waals surface area contributed by atoms with E-state index in [0.29, 0.717) is 48.8 Å². The number of rotatable bonds is 3. The number of methoxy groups -OCH3 is 1. The summed E-state index contributed by atoms with van der Waals surface area (Å²) in [5.74, 6) is 0.250. The monoisotopic (exact) mass is 430 g/mol. The van der Waals surface area contributed by atoms with Gasteiger partial charge < -0.3 is 29.8 Å². The third-order valence-electron chi connectivity index (χ3n) is 4.77. The number of aryl methyl sites for hydroxylation is 1. The molecule has 1 atom stereocenters. The van der Waals surface area contributed by atoms with Gasteiger partial charge in [0.2, 0.25) is 5.91 Å². The number of nitrogens with zero attached hydrogens (tertiary/aromatic N) is 1. The number of nitrogens with one attached hydrogen (secondary N) is 3. The molecule has 31 heavy (non-hydrogen) atoms. The Hall–Kier alpha value is -3.56. The topological polar surface area (TPSA) is 132 Å². The summed E-state index contributed by atoms with van der Waals surface area (Å²) in [4.78, 5) is 41.5. The van der Waals surface area contributed by atoms with Crippen LogP contribution in [0.3, 0.4) is 0 Å². The number of benzene rings is 1. The molecule has 2 aromatic rings. The van der Waals surface area contributed by atoms with E-state index >= 15 is 0 Å². The number of amides is 3. The SMILES string of the molecule is COc1ccc2c(c1)OCCNC(=O)[C@@H](NC(=O)c1coc(C)n1)CCCCNC2=O. The predicted molar refractivity (Wildman–Crippen MR) is 110 cm³/mol. The van der Waals surface area contributed by atoms with Gasteiger partial charge in [0, 0.05) is 19.5 Å². The molecule has 3 N–H and O–H groups in total. The molecule has 3 rings (SSSR count). The quantitative estimate of drug-likeness (QED) is 0.667. The average molecular weight is 430 g/mol. The Kier molecular flexibility index (Phi) is 7.47. The average Bonchev–Trinajstić information content (AvgIpc) is 3.21. The second-order valence-electron chi connectivity index (χ2n) is 7.03. The number of aromatic nitrogens is 1. The number of ether oxygens (including phenoxy) is 2. The van der Waals surface area contributed by atoms with Crippen LogP contribution in [0.5, 0.6) is 11.5 Å². The van der Waals surface area contributed by atoms with Crippen LogP contribution in [0.1, 0.15) is 46.0 Å². The van der Waals surface area contributed by atoms with E-state index in [1.54, 1.807) is 25.1 Å². The van der Waals surface area contributed by atoms with Crippen molar-refractivity contribution >= 4 is 17.7 Å². The van der Waals surface area contributed by atoms with Gasteiger partial charge in [-0.2, -0.15) is 0 Å². The zero-order chi connectivity index (χ0) is 22.2. The Labute approximate surface area is 179 Å². The smallest absolute Gasteiger partial charge is 0.273 e. The molecule has 0 fully saturated rings. The van der Waals surface area contributed by atoms with Crippen molar-refractivity contribution < 1.29 is 28.3 Å². The van der Waals surface area contributed by atoms with Crippen molar-refractivity contribution in [2.75, 3.05) is 26.8 Å². The first-order valence-corrected chi connectivity index (χ1v) is 10.1. The van der Waals surface area contributed by atoms with Crippen molar-refractivity contribution in [2.45, 2.75) is 32.2 Å². The van der Waals surface area contributed by atoms with Gasteiger partial charge >= 0.3 is 0 Å². The number of hydrogen-bond acceptors (Lipinski definition) is 7. The van der Waals surface area contributed by atoms with Crippen LogP contribution in [0.2, 0.25) is 0 Å². The highest BCUT2D eigenvalue weighted by molar-refractivity contribution is 5.97. The van der Waals surface area contributed by atoms with E-state index in [4.69, 9.17) is 13.9 Å². The molecule has 1 aromatic heterocycles. The molecule has 1 aliphatic heterocycles. The Morgan fingerprint density at radius 1 is 1.23 bits per heavy atom. The molecule has 3 amide bonds. The van der Waals surface area contributed by atoms with E-state index in [9.17, 15) is 14.4 Å². The molecule has 10 nitrogen and oxygen atoms in total. The van der Waals surface area contributed by atoms with Gasteiger partial charge in [0.1, 0.15) is 30.4 Å². The van der Waals surface area contributed by atoms with Gasteiger partial charge in [-0.25, -0.2) is 4.98 Å². The lowest BCUT2D eigenvalue weighted by Crippen LogP contribution is -2.47. The molecule has 2 heterocycles. The van der Waals surface area contributed by atoms with Gasteiger partial charge in [-0.1, -0.05) is 0 Å². The summed E-state index contributed by atoms with van der Waals surface area (Å²) in [5.41, 5.74) is 0.517. The fourth-order valence-electron chi connectivity index (χ4n) is 3.13. The molecule has 0 bridgehead atoms. The summed E-state index contributed by atoms with van der Waals surface area (Å²) in [7, 11) is 1.53. The molecule has 0 unspecified atom stereocenters. The summed E-state index contributed by atoms with van der Waals surface area (Å²) in [6.07, 6.45) is 2.93. The van der Waals surface area contributed by atoms with E-state index in [-0.39, 0.29) is 30.7 Å². The van der Waals surface area contributed by atoms with Crippen molar-refractivity contribution in [1.29, 1.82) is 0 Å². The molecular weight excluding hydrogens is 404 g/mol. The summed E-state index contributed by atoms with van der Waals surface area (Å²) >= 11 is 0. The molecule has 0 aliphatic carbocycles. The molecule has 1 aromatic carbocycles. The van der Waals surface area contributed by atoms with Crippen molar-refractivity contribution in [3.63, 3.8) is 0 Å². The van der Waals surface area contributed by atoms with Crippen molar-refractivity contribution in [2.24, 2.45) is 0 Å². The predicted octanol–water partition coefficient (Wildman–Crippen LogP) is 1.20. The van der Waals surface area contributed by atoms with E-state index < -0.39 is 11.9 Å². The van der Waals surface area contributed by atoms with Gasteiger partial charge in [0.25, 0.3) is 11.8 Å². The third kappa shape index (κ3) is 5.97. The number of carbonyl (C=O) groups excluding carboxylic acids is 3. The first-order valence-electron chi connectivity index (χ1n) is 10.1. The zero-order valence-electron chi connectivity index (χ0n) is 17.5. The van der Waals surface area contributed by atoms with Crippen LogP contribution < -0.4 is 25.4 Å². The molecule has 0 radical (unpaired) electrons. The summed E-state index contributed by atoms with van der Waals surface area (Å²) in [5, 5.41) is 8.32. The van der Waals surface area contributed by atoms with Gasteiger partial charge in [0.15, 0.2) is 11.6 Å². The standard InChI is InChI=1S/C21H26N4O6/c1-13-24-17(12-31-13)21(28)25-16-5-3-4-8-22-19(26)15-7-6-14(29-2)11-18(15)30-10-9-23-20(16)27/h6-7,11-12,16H,3-5,8-10H2,1-2H3,(H,22,26)(H,23,27)(H,25,28)/t16-/m0/s1. The largest absolute Gasteiger partial charge is 0.497 e. The van der Waals surface area contributed by atoms with Crippen molar-refractivity contribution in [3.8, 4) is 11.5 Å². The highest BCUT2D eigenvalue weighted by Crippen LogP contribution is 2.25. The van der Waals surface area contributed by atoms with E-state index in [2.05, 4.69) is 20.9 Å². The van der Waals surface area contributed by atoms with Crippen molar-refractivity contribution in [1.82, 2.24) is 20.9 Å². The molecule has 10 heteroatoms. The first-order chi connectivity index (χ1) is 15.0. The Balaban J connectivity index is 1.68. The Morgan fingerprint density at radius 3 is 2.81 bits per heavy atom. The summed E-state index contributed by atoms with van der Waals surface area (Å²) < 4.78 is 16.0. The first kappa shape index (κ1) is 22.1. The number of oxazole rings is 1. The minimum absolute atomic E-state index is 0.117. The van der Waals surface area contributed by atoms with Gasteiger partial charge in [-0.15, -0.1) is 0 Å². The number of fused-ring (bicyclic) bond motifs is 1. The van der Waals surface area contributed by atoms with Crippen LogP contribution in [-0.2, 0) is 4.79 Å². The van der Waals surface area contributed by atoms with Gasteiger partial charge in [0.05, 0.1) is 19.2 Å². The molecular formula is C21H26N4O6. The molecule has 0 spiro atoms. The van der Waals surface area contributed by atoms with E-state index in [1.165, 1.54) is 13.4 Å². The highest BCUT2D eigenvalue weighted by atomic mass is 16.5. The maximum Gasteiger partial charge on any atom is 0.273 e. The van der Waals surface area contributed by atoms with Crippen molar-refractivity contribution in [3.05, 3.63) is 41.6 Å². The molecule has 0 saturated carbocycles. The minimum Gasteiger partial charge on any atom is -0.497 e. The normalized spacial score (nSPS) is 17.9. The van der Waals surface area contributed by atoms with Crippen LogP contribution >= 0.6 is 0 Å². The maximum absolute atomic E-state index is 12.6. The Bertz CT molecular complexity index is 942. The highest BCUT2D eigenvalue weighted by Gasteiger charge is 2.23. The zero-order valence-corrected chi connectivity index (χ0v) is 17.5. The van der Waals surface area contributed by atoms with Crippen LogP contribution in [0.25, 0.3) is 0 Å². The number of hydrogen-bond donors (Lipinski definition) is 3. The van der Waals surface area contributed by atoms with E-state index in [1.807, 2.05) is 0 Å². The fraction of sp³-hybridized carbons (Fsp3) is 0.429. The second-order valence-corrected chi connectivity index (χ2v) is 7.03. The van der Waals surface area contributed by atoms with Gasteiger partial charge in [-0.05, 0) is 31.4 Å². The molecule has 0 saturated heterocycles. The summed E-state index contributed by atoms with van der Waals surface area (Å²) in [6, 6.07) is 4.22. The van der Waals surface area contributed by atoms with Crippen LogP contribution in [0.15, 0.2) is 28.9 Å². The van der Waals surface area contributed by atoms with Gasteiger partial charge in [-0.3, -0.25) is 14.4 Å². The maximum atomic E-state index is 12.6. The lowest BCUT2D eigenvalue weighted by Gasteiger charge is -2.19. The molecule has 1 aliphatic rings. The van der Waals surface area contributed by atoms with Crippen LogP contribution in [0, 0.1) is 6.92 Å². The molecule has 166 valence electrons. The third-order valence-corrected chi connectivity index (χ3v) is 4.77. The lowest BCUT2D eigenvalue weighted by atomic mass is 10.1. The minimum atomic E-state index is -0.740.